The average Bonchev–Trinajstić information content (AvgIpc) is 3.45. The first-order valence-corrected chi connectivity index (χ1v) is 13.5. The highest BCUT2D eigenvalue weighted by atomic mass is 79.9. The predicted octanol–water partition coefficient (Wildman–Crippen LogP) is 5.70. The zero-order valence-electron chi connectivity index (χ0n) is 20.6. The summed E-state index contributed by atoms with van der Waals surface area (Å²) in [5.41, 5.74) is 2.64. The van der Waals surface area contributed by atoms with Gasteiger partial charge in [-0.05, 0) is 47.5 Å². The molecule has 6 nitrogen and oxygen atoms in total. The number of Topliss-reactive ketones (excluding diaryl/α,β-unsaturated/α-hetero) is 2. The maximum atomic E-state index is 14.6. The van der Waals surface area contributed by atoms with Gasteiger partial charge in [-0.1, -0.05) is 76.6 Å². The van der Waals surface area contributed by atoms with E-state index in [-0.39, 0.29) is 17.5 Å². The Kier molecular flexibility index (Phi) is 5.39. The number of aromatic nitrogens is 1. The van der Waals surface area contributed by atoms with Gasteiger partial charge in [0.2, 0.25) is 5.91 Å². The summed E-state index contributed by atoms with van der Waals surface area (Å²) in [5.74, 6) is -1.79. The molecule has 1 spiro atoms. The number of hydrogen-bond acceptors (Lipinski definition) is 5. The van der Waals surface area contributed by atoms with Crippen molar-refractivity contribution < 1.29 is 14.4 Å². The molecule has 0 saturated carbocycles. The van der Waals surface area contributed by atoms with E-state index in [0.29, 0.717) is 16.8 Å². The molecule has 3 aliphatic rings. The van der Waals surface area contributed by atoms with Crippen LogP contribution in [0.4, 0.5) is 11.4 Å². The van der Waals surface area contributed by atoms with Gasteiger partial charge in [0.15, 0.2) is 11.6 Å². The molecule has 0 radical (unpaired) electrons. The standard InChI is InChI=1S/C32H22BrN3O3/c33-22-14-11-20(12-15-22)30(38)28-27(29(37)21-7-5-17-34-18-21)32(23-8-2-3-9-24(23)35-31(32)39)26-16-13-19-6-1-4-10-25(19)36(26)28/h1-18,26-28H,(H,35,39)/t26-,27+,28-,32-/m1/s1. The lowest BCUT2D eigenvalue weighted by molar-refractivity contribution is -0.121. The molecular formula is C32H22BrN3O3. The molecule has 1 fully saturated rings. The summed E-state index contributed by atoms with van der Waals surface area (Å²) < 4.78 is 0.846. The Morgan fingerprint density at radius 2 is 1.64 bits per heavy atom. The minimum absolute atomic E-state index is 0.214. The molecule has 3 aliphatic heterocycles. The van der Waals surface area contributed by atoms with Crippen molar-refractivity contribution in [1.29, 1.82) is 0 Å². The third kappa shape index (κ3) is 3.32. The third-order valence-corrected chi connectivity index (χ3v) is 8.70. The largest absolute Gasteiger partial charge is 0.352 e. The van der Waals surface area contributed by atoms with E-state index in [1.807, 2.05) is 77.7 Å². The molecule has 4 heterocycles. The Labute approximate surface area is 233 Å². The van der Waals surface area contributed by atoms with E-state index in [2.05, 4.69) is 26.2 Å². The molecule has 4 atom stereocenters. The lowest BCUT2D eigenvalue weighted by Crippen LogP contribution is -2.51. The highest BCUT2D eigenvalue weighted by Gasteiger charge is 2.70. The van der Waals surface area contributed by atoms with E-state index in [1.165, 1.54) is 6.20 Å². The monoisotopic (exact) mass is 575 g/mol. The van der Waals surface area contributed by atoms with Gasteiger partial charge in [0.1, 0.15) is 11.5 Å². The fourth-order valence-corrected chi connectivity index (χ4v) is 6.86. The molecule has 1 N–H and O–H groups in total. The van der Waals surface area contributed by atoms with Gasteiger partial charge in [-0.2, -0.15) is 0 Å². The predicted molar refractivity (Wildman–Crippen MR) is 153 cm³/mol. The lowest BCUT2D eigenvalue weighted by atomic mass is 9.64. The number of carbonyl (C=O) groups excluding carboxylic acids is 3. The van der Waals surface area contributed by atoms with E-state index < -0.39 is 23.4 Å². The van der Waals surface area contributed by atoms with Crippen LogP contribution in [0.15, 0.2) is 108 Å². The van der Waals surface area contributed by atoms with Crippen molar-refractivity contribution >= 4 is 50.9 Å². The summed E-state index contributed by atoms with van der Waals surface area (Å²) in [4.78, 5) is 49.6. The van der Waals surface area contributed by atoms with Crippen LogP contribution in [0.3, 0.4) is 0 Å². The number of anilines is 2. The lowest BCUT2D eigenvalue weighted by Gasteiger charge is -2.37. The van der Waals surface area contributed by atoms with Crippen molar-refractivity contribution in [1.82, 2.24) is 4.98 Å². The van der Waals surface area contributed by atoms with Crippen molar-refractivity contribution in [2.75, 3.05) is 10.2 Å². The Bertz CT molecular complexity index is 1680. The third-order valence-electron chi connectivity index (χ3n) is 8.17. The molecule has 4 aromatic rings. The maximum Gasteiger partial charge on any atom is 0.238 e. The molecule has 3 aromatic carbocycles. The van der Waals surface area contributed by atoms with Gasteiger partial charge in [-0.3, -0.25) is 19.4 Å². The van der Waals surface area contributed by atoms with Crippen molar-refractivity contribution in [3.05, 3.63) is 130 Å². The topological polar surface area (TPSA) is 79.4 Å². The zero-order chi connectivity index (χ0) is 26.7. The van der Waals surface area contributed by atoms with E-state index in [0.717, 1.165) is 21.3 Å². The van der Waals surface area contributed by atoms with Gasteiger partial charge in [0, 0.05) is 39.4 Å². The molecule has 1 amide bonds. The van der Waals surface area contributed by atoms with Crippen LogP contribution in [0.5, 0.6) is 0 Å². The molecule has 39 heavy (non-hydrogen) atoms. The van der Waals surface area contributed by atoms with Crippen molar-refractivity contribution in [2.24, 2.45) is 5.92 Å². The van der Waals surface area contributed by atoms with Gasteiger partial charge < -0.3 is 10.2 Å². The van der Waals surface area contributed by atoms with Crippen LogP contribution in [0.25, 0.3) is 6.08 Å². The van der Waals surface area contributed by atoms with Gasteiger partial charge in [0.25, 0.3) is 0 Å². The summed E-state index contributed by atoms with van der Waals surface area (Å²) in [6.07, 6.45) is 7.08. The van der Waals surface area contributed by atoms with E-state index in [9.17, 15) is 14.4 Å². The van der Waals surface area contributed by atoms with Crippen LogP contribution < -0.4 is 10.2 Å². The number of para-hydroxylation sites is 2. The molecule has 1 aromatic heterocycles. The first kappa shape index (κ1) is 23.7. The Hall–Kier alpha value is -4.36. The minimum Gasteiger partial charge on any atom is -0.352 e. The highest BCUT2D eigenvalue weighted by molar-refractivity contribution is 9.10. The smallest absolute Gasteiger partial charge is 0.238 e. The number of carbonyl (C=O) groups is 3. The number of hydrogen-bond donors (Lipinski definition) is 1. The number of ketones is 2. The van der Waals surface area contributed by atoms with Crippen molar-refractivity contribution in [3.8, 4) is 0 Å². The number of rotatable bonds is 4. The first-order chi connectivity index (χ1) is 19.0. The Morgan fingerprint density at radius 3 is 2.44 bits per heavy atom. The number of fused-ring (bicyclic) bond motifs is 6. The number of pyridine rings is 1. The summed E-state index contributed by atoms with van der Waals surface area (Å²) in [6.45, 7) is 0. The normalized spacial score (nSPS) is 24.2. The SMILES string of the molecule is O=C(c1cccnc1)[C@@H]1[C@H](C(=O)c2ccc(Br)cc2)N2c3ccccc3C=C[C@@H]2[C@@]12C(=O)Nc1ccccc12. The summed E-state index contributed by atoms with van der Waals surface area (Å²) in [7, 11) is 0. The minimum atomic E-state index is -1.33. The zero-order valence-corrected chi connectivity index (χ0v) is 22.2. The van der Waals surface area contributed by atoms with Crippen LogP contribution in [0.1, 0.15) is 31.8 Å². The quantitative estimate of drug-likeness (QED) is 0.316. The Balaban J connectivity index is 1.54. The molecule has 0 aliphatic carbocycles. The van der Waals surface area contributed by atoms with E-state index in [1.54, 1.807) is 30.5 Å². The van der Waals surface area contributed by atoms with Crippen LogP contribution in [-0.4, -0.2) is 34.5 Å². The molecule has 0 unspecified atom stereocenters. The number of nitrogens with zero attached hydrogens (tertiary/aromatic N) is 2. The van der Waals surface area contributed by atoms with Crippen LogP contribution in [-0.2, 0) is 10.2 Å². The molecule has 190 valence electrons. The van der Waals surface area contributed by atoms with E-state index >= 15 is 0 Å². The molecule has 1 saturated heterocycles. The number of amides is 1. The fraction of sp³-hybridized carbons (Fsp3) is 0.125. The van der Waals surface area contributed by atoms with Crippen LogP contribution in [0, 0.1) is 5.92 Å². The first-order valence-electron chi connectivity index (χ1n) is 12.7. The fourth-order valence-electron chi connectivity index (χ4n) is 6.59. The van der Waals surface area contributed by atoms with Crippen LogP contribution >= 0.6 is 15.9 Å². The second-order valence-electron chi connectivity index (χ2n) is 10.0. The molecule has 0 bridgehead atoms. The Morgan fingerprint density at radius 1 is 0.872 bits per heavy atom. The van der Waals surface area contributed by atoms with Crippen LogP contribution in [0.2, 0.25) is 0 Å². The molecular weight excluding hydrogens is 554 g/mol. The average molecular weight is 576 g/mol. The molecule has 7 rings (SSSR count). The van der Waals surface area contributed by atoms with E-state index in [4.69, 9.17) is 0 Å². The second-order valence-corrected chi connectivity index (χ2v) is 11.0. The van der Waals surface area contributed by atoms with Gasteiger partial charge >= 0.3 is 0 Å². The van der Waals surface area contributed by atoms with Crippen molar-refractivity contribution in [2.45, 2.75) is 17.5 Å². The van der Waals surface area contributed by atoms with Gasteiger partial charge in [0.05, 0.1) is 12.0 Å². The van der Waals surface area contributed by atoms with Gasteiger partial charge in [-0.15, -0.1) is 0 Å². The highest BCUT2D eigenvalue weighted by Crippen LogP contribution is 2.58. The summed E-state index contributed by atoms with van der Waals surface area (Å²) in [5, 5.41) is 3.05. The summed E-state index contributed by atoms with van der Waals surface area (Å²) >= 11 is 3.45. The summed E-state index contributed by atoms with van der Waals surface area (Å²) in [6, 6.07) is 24.3. The number of nitrogens with one attached hydrogen (secondary N) is 1. The maximum absolute atomic E-state index is 14.6. The van der Waals surface area contributed by atoms with Crippen molar-refractivity contribution in [3.63, 3.8) is 0 Å². The number of benzene rings is 3. The number of halogens is 1. The second kappa shape index (κ2) is 8.85. The molecule has 7 heteroatoms. The van der Waals surface area contributed by atoms with Gasteiger partial charge in [-0.25, -0.2) is 0 Å².